The monoisotopic (exact) mass is 499 g/mol. The van der Waals surface area contributed by atoms with Gasteiger partial charge in [-0.25, -0.2) is 14.8 Å². The maximum atomic E-state index is 12.8. The molecule has 1 fully saturated rings. The number of ether oxygens (including phenoxy) is 1. The smallest absolute Gasteiger partial charge is 0.416 e. The maximum absolute atomic E-state index is 12.8. The molecule has 1 aliphatic rings. The lowest BCUT2D eigenvalue weighted by Gasteiger charge is -2.21. The molecule has 1 heterocycles. The largest absolute Gasteiger partial charge is 0.478 e. The number of carbonyl (C=O) groups excluding carboxylic acids is 1. The van der Waals surface area contributed by atoms with E-state index in [9.17, 15) is 27.9 Å². The number of anilines is 1. The van der Waals surface area contributed by atoms with Crippen molar-refractivity contribution in [1.82, 2.24) is 9.97 Å². The average molecular weight is 499 g/mol. The van der Waals surface area contributed by atoms with Crippen molar-refractivity contribution in [2.75, 3.05) is 5.32 Å². The Hall–Kier alpha value is -3.95. The molecule has 36 heavy (non-hydrogen) atoms. The zero-order valence-corrected chi connectivity index (χ0v) is 19.6. The summed E-state index contributed by atoms with van der Waals surface area (Å²) in [4.78, 5) is 32.7. The van der Waals surface area contributed by atoms with Gasteiger partial charge in [-0.3, -0.25) is 4.79 Å². The van der Waals surface area contributed by atoms with Crippen LogP contribution >= 0.6 is 0 Å². The van der Waals surface area contributed by atoms with Crippen molar-refractivity contribution in [2.24, 2.45) is 0 Å². The van der Waals surface area contributed by atoms with E-state index in [-0.39, 0.29) is 18.2 Å². The highest BCUT2D eigenvalue weighted by molar-refractivity contribution is 5.93. The van der Waals surface area contributed by atoms with Crippen LogP contribution in [-0.2, 0) is 22.2 Å². The predicted molar refractivity (Wildman–Crippen MR) is 126 cm³/mol. The third-order valence-corrected chi connectivity index (χ3v) is 5.70. The highest BCUT2D eigenvalue weighted by atomic mass is 19.4. The summed E-state index contributed by atoms with van der Waals surface area (Å²) in [6.45, 7) is 2.89. The number of carboxylic acid groups (broad SMARTS) is 1. The molecule has 2 aromatic carbocycles. The van der Waals surface area contributed by atoms with Crippen LogP contribution in [0, 0.1) is 0 Å². The minimum Gasteiger partial charge on any atom is -0.478 e. The highest BCUT2D eigenvalue weighted by Crippen LogP contribution is 2.43. The second-order valence-corrected chi connectivity index (χ2v) is 9.13. The van der Waals surface area contributed by atoms with E-state index >= 15 is 0 Å². The van der Waals surface area contributed by atoms with E-state index in [1.165, 1.54) is 32.2 Å². The Labute approximate surface area is 205 Å². The van der Waals surface area contributed by atoms with E-state index in [2.05, 4.69) is 15.3 Å². The number of alkyl halides is 3. The first-order valence-electron chi connectivity index (χ1n) is 11.3. The van der Waals surface area contributed by atoms with Crippen molar-refractivity contribution < 1.29 is 32.6 Å². The third-order valence-electron chi connectivity index (χ3n) is 5.70. The molecule has 1 aromatic heterocycles. The average Bonchev–Trinajstić information content (AvgIpc) is 3.65. The Morgan fingerprint density at radius 3 is 2.25 bits per heavy atom. The number of aromatic nitrogens is 2. The molecule has 10 heteroatoms. The molecule has 188 valence electrons. The quantitative estimate of drug-likeness (QED) is 0.427. The molecule has 0 saturated heterocycles. The van der Waals surface area contributed by atoms with Gasteiger partial charge in [-0.15, -0.1) is 0 Å². The fraction of sp³-hybridized carbons (Fsp3) is 0.308. The molecular weight excluding hydrogens is 475 g/mol. The SMILES string of the molecule is CC(C)(Oc1ccc(CC(=O)Nc2cnc(-c3ccc(C(F)(F)F)cc3)nc2C2CC2)cc1)C(=O)O. The molecule has 0 radical (unpaired) electrons. The van der Waals surface area contributed by atoms with Crippen LogP contribution in [0.3, 0.4) is 0 Å². The normalized spacial score (nSPS) is 13.8. The molecule has 0 aliphatic heterocycles. The van der Waals surface area contributed by atoms with Crippen LogP contribution in [0.5, 0.6) is 5.75 Å². The molecule has 7 nitrogen and oxygen atoms in total. The Kier molecular flexibility index (Phi) is 6.71. The van der Waals surface area contributed by atoms with Crippen molar-refractivity contribution in [3.63, 3.8) is 0 Å². The summed E-state index contributed by atoms with van der Waals surface area (Å²) in [6, 6.07) is 11.2. The maximum Gasteiger partial charge on any atom is 0.416 e. The van der Waals surface area contributed by atoms with E-state index in [1.54, 1.807) is 24.3 Å². The van der Waals surface area contributed by atoms with Gasteiger partial charge < -0.3 is 15.2 Å². The van der Waals surface area contributed by atoms with Gasteiger partial charge in [0.1, 0.15) is 5.75 Å². The molecule has 0 unspecified atom stereocenters. The first-order chi connectivity index (χ1) is 16.9. The van der Waals surface area contributed by atoms with Crippen molar-refractivity contribution >= 4 is 17.6 Å². The Morgan fingerprint density at radius 2 is 1.69 bits per heavy atom. The van der Waals surface area contributed by atoms with Gasteiger partial charge in [0.25, 0.3) is 0 Å². The van der Waals surface area contributed by atoms with Crippen molar-refractivity contribution in [2.45, 2.75) is 50.8 Å². The summed E-state index contributed by atoms with van der Waals surface area (Å²) in [7, 11) is 0. The summed E-state index contributed by atoms with van der Waals surface area (Å²) < 4.78 is 44.0. The summed E-state index contributed by atoms with van der Waals surface area (Å²) >= 11 is 0. The number of nitrogens with one attached hydrogen (secondary N) is 1. The lowest BCUT2D eigenvalue weighted by atomic mass is 10.1. The fourth-order valence-electron chi connectivity index (χ4n) is 3.50. The summed E-state index contributed by atoms with van der Waals surface area (Å²) in [5.74, 6) is -0.560. The van der Waals surface area contributed by atoms with Crippen LogP contribution in [0.2, 0.25) is 0 Å². The predicted octanol–water partition coefficient (Wildman–Crippen LogP) is 5.46. The number of nitrogens with zero attached hydrogens (tertiary/aromatic N) is 2. The van der Waals surface area contributed by atoms with Gasteiger partial charge in [-0.2, -0.15) is 13.2 Å². The molecule has 1 saturated carbocycles. The third kappa shape index (κ3) is 5.99. The first kappa shape index (κ1) is 25.2. The van der Waals surface area contributed by atoms with Gasteiger partial charge in [0.05, 0.1) is 29.6 Å². The Morgan fingerprint density at radius 1 is 1.06 bits per heavy atom. The molecule has 3 aromatic rings. The number of rotatable bonds is 8. The van der Waals surface area contributed by atoms with E-state index in [1.807, 2.05) is 0 Å². The molecule has 2 N–H and O–H groups in total. The van der Waals surface area contributed by atoms with Gasteiger partial charge in [-0.05, 0) is 56.5 Å². The van der Waals surface area contributed by atoms with Crippen molar-refractivity contribution in [3.05, 3.63) is 71.5 Å². The van der Waals surface area contributed by atoms with E-state index in [0.717, 1.165) is 25.0 Å². The number of amides is 1. The van der Waals surface area contributed by atoms with Crippen LogP contribution < -0.4 is 10.1 Å². The highest BCUT2D eigenvalue weighted by Gasteiger charge is 2.31. The lowest BCUT2D eigenvalue weighted by Crippen LogP contribution is -2.37. The zero-order chi connectivity index (χ0) is 26.1. The van der Waals surface area contributed by atoms with Gasteiger partial charge >= 0.3 is 12.1 Å². The topological polar surface area (TPSA) is 101 Å². The summed E-state index contributed by atoms with van der Waals surface area (Å²) in [6.07, 6.45) is -1.07. The minimum absolute atomic E-state index is 0.0629. The van der Waals surface area contributed by atoms with Gasteiger partial charge in [-0.1, -0.05) is 24.3 Å². The van der Waals surface area contributed by atoms with Crippen molar-refractivity contribution in [3.8, 4) is 17.1 Å². The summed E-state index contributed by atoms with van der Waals surface area (Å²) in [5, 5.41) is 12.0. The van der Waals surface area contributed by atoms with Gasteiger partial charge in [0, 0.05) is 11.5 Å². The van der Waals surface area contributed by atoms with E-state index < -0.39 is 23.3 Å². The lowest BCUT2D eigenvalue weighted by molar-refractivity contribution is -0.152. The van der Waals surface area contributed by atoms with E-state index in [0.29, 0.717) is 34.1 Å². The molecule has 0 atom stereocenters. The number of aliphatic carboxylic acids is 1. The molecule has 1 aliphatic carbocycles. The minimum atomic E-state index is -4.42. The second kappa shape index (κ2) is 9.60. The van der Waals surface area contributed by atoms with Gasteiger partial charge in [0.2, 0.25) is 5.91 Å². The fourth-order valence-corrected chi connectivity index (χ4v) is 3.50. The number of carboxylic acids is 1. The van der Waals surface area contributed by atoms with Gasteiger partial charge in [0.15, 0.2) is 11.4 Å². The zero-order valence-electron chi connectivity index (χ0n) is 19.6. The molecule has 0 bridgehead atoms. The van der Waals surface area contributed by atoms with Crippen LogP contribution in [0.25, 0.3) is 11.4 Å². The summed E-state index contributed by atoms with van der Waals surface area (Å²) in [5.41, 5.74) is 0.154. The standard InChI is InChI=1S/C26H24F3N3O4/c1-25(2,24(34)35)36-19-11-3-15(4-12-19)13-21(33)31-20-14-30-23(32-22(20)16-5-6-16)17-7-9-18(10-8-17)26(27,28)29/h3-4,7-12,14,16H,5-6,13H2,1-2H3,(H,31,33)(H,34,35). The molecule has 0 spiro atoms. The van der Waals surface area contributed by atoms with E-state index in [4.69, 9.17) is 4.74 Å². The first-order valence-corrected chi connectivity index (χ1v) is 11.3. The molecule has 4 rings (SSSR count). The van der Waals surface area contributed by atoms with Crippen LogP contribution in [0.4, 0.5) is 18.9 Å². The number of hydrogen-bond donors (Lipinski definition) is 2. The Balaban J connectivity index is 1.45. The Bertz CT molecular complexity index is 1270. The second-order valence-electron chi connectivity index (χ2n) is 9.13. The molecular formula is C26H24F3N3O4. The van der Waals surface area contributed by atoms with Crippen LogP contribution in [0.15, 0.2) is 54.7 Å². The van der Waals surface area contributed by atoms with Crippen molar-refractivity contribution in [1.29, 1.82) is 0 Å². The molecule has 1 amide bonds. The number of halogens is 3. The van der Waals surface area contributed by atoms with Crippen LogP contribution in [0.1, 0.15) is 49.4 Å². The number of carbonyl (C=O) groups is 2. The van der Waals surface area contributed by atoms with Crippen LogP contribution in [-0.4, -0.2) is 32.6 Å². The number of hydrogen-bond acceptors (Lipinski definition) is 5. The number of benzene rings is 2.